The lowest BCUT2D eigenvalue weighted by atomic mass is 10.0. The molecule has 0 bridgehead atoms. The smallest absolute Gasteiger partial charge is 0.269 e. The van der Waals surface area contributed by atoms with Gasteiger partial charge in [0.05, 0.1) is 20.8 Å². The van der Waals surface area contributed by atoms with Gasteiger partial charge in [-0.15, -0.1) is 0 Å². The Labute approximate surface area is 262 Å². The van der Waals surface area contributed by atoms with Crippen LogP contribution in [0.1, 0.15) is 16.8 Å². The van der Waals surface area contributed by atoms with Crippen LogP contribution in [0.15, 0.2) is 78.1 Å². The standard InChI is InChI=1S/C30H23ClFN5O5S2/c1-18-10-29(44(38,39)37(30-35-17-36-43-30)16-20-4-6-23(40-2)13-28(20)41-3)25(32)14-27(18)42-26-7-5-21(31)12-24(26)19-8-9-34-22(11-19)15-33/h4-14,17H,16H2,1-3H3. The Morgan fingerprint density at radius 2 is 1.82 bits per heavy atom. The first-order chi connectivity index (χ1) is 21.1. The number of nitriles is 1. The minimum atomic E-state index is -4.50. The van der Waals surface area contributed by atoms with Crippen LogP contribution in [0.5, 0.6) is 23.0 Å². The summed E-state index contributed by atoms with van der Waals surface area (Å²) >= 11 is 7.09. The van der Waals surface area contributed by atoms with Gasteiger partial charge in [-0.05, 0) is 66.6 Å². The Bertz CT molecular complexity index is 1980. The van der Waals surface area contributed by atoms with Gasteiger partial charge in [-0.2, -0.15) is 9.64 Å². The van der Waals surface area contributed by atoms with Crippen molar-refractivity contribution in [3.05, 3.63) is 101 Å². The van der Waals surface area contributed by atoms with E-state index in [1.165, 1.54) is 32.8 Å². The number of anilines is 1. The first-order valence-electron chi connectivity index (χ1n) is 12.8. The Hall–Kier alpha value is -4.77. The quantitative estimate of drug-likeness (QED) is 0.161. The van der Waals surface area contributed by atoms with Crippen LogP contribution in [0.4, 0.5) is 9.52 Å². The van der Waals surface area contributed by atoms with Crippen molar-refractivity contribution in [1.82, 2.24) is 14.3 Å². The zero-order valence-corrected chi connectivity index (χ0v) is 25.9. The van der Waals surface area contributed by atoms with E-state index in [-0.39, 0.29) is 23.1 Å². The van der Waals surface area contributed by atoms with Crippen molar-refractivity contribution in [3.8, 4) is 40.2 Å². The van der Waals surface area contributed by atoms with E-state index >= 15 is 4.39 Å². The third-order valence-electron chi connectivity index (χ3n) is 6.52. The van der Waals surface area contributed by atoms with Crippen molar-refractivity contribution in [2.45, 2.75) is 18.4 Å². The van der Waals surface area contributed by atoms with Gasteiger partial charge in [0.15, 0.2) is 0 Å². The topological polar surface area (TPSA) is 128 Å². The number of aromatic nitrogens is 3. The van der Waals surface area contributed by atoms with Gasteiger partial charge in [0.1, 0.15) is 51.8 Å². The minimum Gasteiger partial charge on any atom is -0.497 e. The van der Waals surface area contributed by atoms with Crippen LogP contribution in [-0.4, -0.2) is 37.0 Å². The highest BCUT2D eigenvalue weighted by Crippen LogP contribution is 2.39. The number of pyridine rings is 1. The Balaban J connectivity index is 1.53. The molecule has 5 rings (SSSR count). The summed E-state index contributed by atoms with van der Waals surface area (Å²) in [6.07, 6.45) is 2.70. The normalized spacial score (nSPS) is 11.1. The van der Waals surface area contributed by atoms with Crippen molar-refractivity contribution in [2.75, 3.05) is 18.5 Å². The van der Waals surface area contributed by atoms with Crippen LogP contribution in [0.3, 0.4) is 0 Å². The van der Waals surface area contributed by atoms with Gasteiger partial charge in [0.25, 0.3) is 10.0 Å². The van der Waals surface area contributed by atoms with Gasteiger partial charge in [-0.1, -0.05) is 11.6 Å². The average molecular weight is 652 g/mol. The molecule has 5 aromatic rings. The van der Waals surface area contributed by atoms with Crippen LogP contribution in [0.25, 0.3) is 11.1 Å². The molecule has 0 atom stereocenters. The maximum atomic E-state index is 15.8. The predicted molar refractivity (Wildman–Crippen MR) is 163 cm³/mol. The summed E-state index contributed by atoms with van der Waals surface area (Å²) in [5.74, 6) is 0.257. The first-order valence-corrected chi connectivity index (χ1v) is 15.4. The molecule has 0 saturated carbocycles. The van der Waals surface area contributed by atoms with Gasteiger partial charge in [0, 0.05) is 46.0 Å². The number of ether oxygens (including phenoxy) is 3. The second-order valence-electron chi connectivity index (χ2n) is 9.25. The van der Waals surface area contributed by atoms with Gasteiger partial charge in [0.2, 0.25) is 5.13 Å². The lowest BCUT2D eigenvalue weighted by Gasteiger charge is -2.23. The highest BCUT2D eigenvalue weighted by Gasteiger charge is 2.32. The highest BCUT2D eigenvalue weighted by molar-refractivity contribution is 7.93. The Morgan fingerprint density at radius 1 is 1.00 bits per heavy atom. The van der Waals surface area contributed by atoms with Gasteiger partial charge in [-0.25, -0.2) is 27.1 Å². The third kappa shape index (κ3) is 6.28. The molecule has 0 unspecified atom stereocenters. The van der Waals surface area contributed by atoms with E-state index in [0.717, 1.165) is 21.9 Å². The van der Waals surface area contributed by atoms with E-state index in [1.54, 1.807) is 55.5 Å². The van der Waals surface area contributed by atoms with E-state index in [1.807, 2.05) is 6.07 Å². The number of sulfonamides is 1. The molecule has 0 fully saturated rings. The lowest BCUT2D eigenvalue weighted by molar-refractivity contribution is 0.391. The van der Waals surface area contributed by atoms with Crippen molar-refractivity contribution >= 4 is 38.3 Å². The lowest BCUT2D eigenvalue weighted by Crippen LogP contribution is -2.31. The highest BCUT2D eigenvalue weighted by atomic mass is 35.5. The molecule has 3 aromatic carbocycles. The largest absolute Gasteiger partial charge is 0.497 e. The Kier molecular flexibility index (Phi) is 8.96. The molecule has 2 aromatic heterocycles. The van der Waals surface area contributed by atoms with Crippen LogP contribution in [0.2, 0.25) is 5.02 Å². The zero-order valence-electron chi connectivity index (χ0n) is 23.5. The summed E-state index contributed by atoms with van der Waals surface area (Å²) in [4.78, 5) is 7.50. The van der Waals surface area contributed by atoms with Crippen LogP contribution in [-0.2, 0) is 16.6 Å². The molecule has 224 valence electrons. The second-order valence-corrected chi connectivity index (χ2v) is 12.3. The van der Waals surface area contributed by atoms with Crippen molar-refractivity contribution in [3.63, 3.8) is 0 Å². The molecule has 0 amide bonds. The van der Waals surface area contributed by atoms with Crippen LogP contribution in [0, 0.1) is 24.1 Å². The number of methoxy groups -OCH3 is 2. The second kappa shape index (κ2) is 12.8. The molecule has 0 aliphatic rings. The predicted octanol–water partition coefficient (Wildman–Crippen LogP) is 6.78. The molecule has 0 aliphatic heterocycles. The van der Waals surface area contributed by atoms with E-state index in [2.05, 4.69) is 14.3 Å². The molecule has 0 spiro atoms. The molecular weight excluding hydrogens is 629 g/mol. The number of benzene rings is 3. The van der Waals surface area contributed by atoms with E-state index in [0.29, 0.717) is 44.5 Å². The molecule has 14 heteroatoms. The fraction of sp³-hybridized carbons (Fsp3) is 0.133. The maximum absolute atomic E-state index is 15.8. The molecule has 10 nitrogen and oxygen atoms in total. The molecule has 0 saturated heterocycles. The molecule has 44 heavy (non-hydrogen) atoms. The zero-order chi connectivity index (χ0) is 31.4. The summed E-state index contributed by atoms with van der Waals surface area (Å²) in [7, 11) is -1.55. The molecule has 0 N–H and O–H groups in total. The number of rotatable bonds is 10. The monoisotopic (exact) mass is 651 g/mol. The fourth-order valence-corrected chi connectivity index (χ4v) is 6.76. The average Bonchev–Trinajstić information content (AvgIpc) is 3.56. The van der Waals surface area contributed by atoms with Crippen molar-refractivity contribution in [2.24, 2.45) is 0 Å². The number of halogens is 2. The molecular formula is C30H23ClFN5O5S2. The first kappa shape index (κ1) is 30.7. The summed E-state index contributed by atoms with van der Waals surface area (Å²) < 4.78 is 65.5. The third-order valence-corrected chi connectivity index (χ3v) is 9.31. The molecule has 0 aliphatic carbocycles. The molecule has 0 radical (unpaired) electrons. The van der Waals surface area contributed by atoms with Gasteiger partial charge < -0.3 is 14.2 Å². The summed E-state index contributed by atoms with van der Waals surface area (Å²) in [6, 6.07) is 17.3. The van der Waals surface area contributed by atoms with Crippen LogP contribution >= 0.6 is 23.1 Å². The van der Waals surface area contributed by atoms with Crippen LogP contribution < -0.4 is 18.5 Å². The summed E-state index contributed by atoms with van der Waals surface area (Å²) in [6.45, 7) is 1.39. The molecule has 2 heterocycles. The fourth-order valence-electron chi connectivity index (χ4n) is 4.33. The number of aryl methyl sites for hydroxylation is 1. The summed E-state index contributed by atoms with van der Waals surface area (Å²) in [5.41, 5.74) is 2.17. The van der Waals surface area contributed by atoms with Crippen molar-refractivity contribution < 1.29 is 27.0 Å². The minimum absolute atomic E-state index is 0.0418. The van der Waals surface area contributed by atoms with Gasteiger partial charge >= 0.3 is 0 Å². The Morgan fingerprint density at radius 3 is 2.52 bits per heavy atom. The van der Waals surface area contributed by atoms with E-state index < -0.39 is 20.7 Å². The number of hydrogen-bond donors (Lipinski definition) is 0. The maximum Gasteiger partial charge on any atom is 0.269 e. The SMILES string of the molecule is COc1ccc(CN(c2ncns2)S(=O)(=O)c2cc(C)c(Oc3ccc(Cl)cc3-c3ccnc(C#N)c3)cc2F)c(OC)c1. The summed E-state index contributed by atoms with van der Waals surface area (Å²) in [5, 5.41) is 9.73. The van der Waals surface area contributed by atoms with Gasteiger partial charge in [-0.3, -0.25) is 0 Å². The number of hydrogen-bond acceptors (Lipinski definition) is 10. The number of nitrogens with zero attached hydrogens (tertiary/aromatic N) is 5. The van der Waals surface area contributed by atoms with Crippen molar-refractivity contribution in [1.29, 1.82) is 5.26 Å². The van der Waals surface area contributed by atoms with E-state index in [4.69, 9.17) is 25.8 Å². The van der Waals surface area contributed by atoms with E-state index in [9.17, 15) is 13.7 Å².